The third-order valence-corrected chi connectivity index (χ3v) is 9.33. The van der Waals surface area contributed by atoms with Gasteiger partial charge in [0.1, 0.15) is 12.4 Å². The molecule has 1 saturated heterocycles. The maximum atomic E-state index is 14.2. The first kappa shape index (κ1) is 29.7. The zero-order valence-corrected chi connectivity index (χ0v) is 25.3. The van der Waals surface area contributed by atoms with Crippen molar-refractivity contribution >= 4 is 17.9 Å². The summed E-state index contributed by atoms with van der Waals surface area (Å²) in [5, 5.41) is 0. The summed E-state index contributed by atoms with van der Waals surface area (Å²) >= 11 is 1.61. The Morgan fingerprint density at radius 2 is 1.27 bits per heavy atom. The van der Waals surface area contributed by atoms with Gasteiger partial charge in [-0.3, -0.25) is 4.90 Å². The number of halogens is 1. The maximum Gasteiger partial charge on any atom is 0.410 e. The molecule has 1 fully saturated rings. The zero-order chi connectivity index (χ0) is 30.2. The minimum atomic E-state index is -0.628. The number of hydrogen-bond donors (Lipinski definition) is 0. The van der Waals surface area contributed by atoms with Crippen LogP contribution in [0.2, 0.25) is 0 Å². The monoisotopic (exact) mass is 602 g/mol. The average Bonchev–Trinajstić information content (AvgIpc) is 3.09. The molecule has 1 atom stereocenters. The number of amides is 1. The van der Waals surface area contributed by atoms with Crippen molar-refractivity contribution in [1.29, 1.82) is 0 Å². The van der Waals surface area contributed by atoms with Crippen LogP contribution in [0.5, 0.6) is 0 Å². The first-order valence-electron chi connectivity index (χ1n) is 14.9. The van der Waals surface area contributed by atoms with Gasteiger partial charge in [-0.2, -0.15) is 0 Å². The number of nitrogens with zero attached hydrogens (tertiary/aromatic N) is 2. The Labute approximate surface area is 263 Å². The highest BCUT2D eigenvalue weighted by Gasteiger charge is 2.47. The Bertz CT molecular complexity index is 1540. The van der Waals surface area contributed by atoms with E-state index < -0.39 is 5.54 Å². The maximum absolute atomic E-state index is 14.2. The molecule has 4 nitrogen and oxygen atoms in total. The van der Waals surface area contributed by atoms with Gasteiger partial charge in [0, 0.05) is 36.3 Å². The van der Waals surface area contributed by atoms with Crippen LogP contribution in [0.4, 0.5) is 9.18 Å². The average molecular weight is 603 g/mol. The van der Waals surface area contributed by atoms with Crippen LogP contribution in [0.3, 0.4) is 0 Å². The van der Waals surface area contributed by atoms with E-state index in [1.807, 2.05) is 59.5 Å². The normalized spacial score (nSPS) is 15.6. The summed E-state index contributed by atoms with van der Waals surface area (Å²) in [6, 6.07) is 48.2. The molecule has 5 aromatic carbocycles. The highest BCUT2D eigenvalue weighted by atomic mass is 32.2. The topological polar surface area (TPSA) is 32.8 Å². The molecule has 1 aliphatic heterocycles. The van der Waals surface area contributed by atoms with E-state index in [9.17, 15) is 9.18 Å². The van der Waals surface area contributed by atoms with Crippen molar-refractivity contribution in [3.8, 4) is 0 Å². The van der Waals surface area contributed by atoms with Gasteiger partial charge >= 0.3 is 6.09 Å². The summed E-state index contributed by atoms with van der Waals surface area (Å²) in [6.07, 6.45) is -0.320. The van der Waals surface area contributed by atoms with Crippen LogP contribution in [-0.4, -0.2) is 47.3 Å². The van der Waals surface area contributed by atoms with E-state index >= 15 is 0 Å². The third kappa shape index (κ3) is 6.42. The SMILES string of the molecule is O=C(OCc1ccccc1)N1CCN(C(c2ccccc2)(c2ccccc2)c2ccccc2)[C@H](CSc2cccc(F)c2)C1. The number of carbonyl (C=O) groups is 1. The largest absolute Gasteiger partial charge is 0.445 e. The summed E-state index contributed by atoms with van der Waals surface area (Å²) < 4.78 is 19.9. The quantitative estimate of drug-likeness (QED) is 0.126. The van der Waals surface area contributed by atoms with Crippen molar-refractivity contribution in [2.75, 3.05) is 25.4 Å². The summed E-state index contributed by atoms with van der Waals surface area (Å²) in [7, 11) is 0. The second-order valence-electron chi connectivity index (χ2n) is 10.9. The molecule has 0 aromatic heterocycles. The Morgan fingerprint density at radius 3 is 1.82 bits per heavy atom. The molecule has 0 bridgehead atoms. The summed E-state index contributed by atoms with van der Waals surface area (Å²) in [6.45, 7) is 1.84. The molecular weight excluding hydrogens is 567 g/mol. The molecule has 222 valence electrons. The minimum absolute atomic E-state index is 0.0816. The van der Waals surface area contributed by atoms with E-state index in [2.05, 4.69) is 77.7 Å². The molecule has 44 heavy (non-hydrogen) atoms. The lowest BCUT2D eigenvalue weighted by Gasteiger charge is -2.52. The molecule has 0 spiro atoms. The molecule has 6 rings (SSSR count). The van der Waals surface area contributed by atoms with Crippen LogP contribution in [0, 0.1) is 5.82 Å². The fraction of sp³-hybridized carbons (Fsp3) is 0.184. The van der Waals surface area contributed by atoms with E-state index in [0.29, 0.717) is 25.4 Å². The van der Waals surface area contributed by atoms with E-state index in [0.717, 1.165) is 27.1 Å². The van der Waals surface area contributed by atoms with Crippen LogP contribution >= 0.6 is 11.8 Å². The van der Waals surface area contributed by atoms with E-state index in [-0.39, 0.29) is 24.6 Å². The van der Waals surface area contributed by atoms with Crippen LogP contribution in [-0.2, 0) is 16.9 Å². The van der Waals surface area contributed by atoms with Crippen molar-refractivity contribution in [2.24, 2.45) is 0 Å². The van der Waals surface area contributed by atoms with Gasteiger partial charge in [0.2, 0.25) is 0 Å². The van der Waals surface area contributed by atoms with E-state index in [4.69, 9.17) is 4.74 Å². The highest BCUT2D eigenvalue weighted by Crippen LogP contribution is 2.45. The summed E-state index contributed by atoms with van der Waals surface area (Å²) in [5.41, 5.74) is 3.78. The van der Waals surface area contributed by atoms with Crippen molar-refractivity contribution in [2.45, 2.75) is 23.1 Å². The number of hydrogen-bond acceptors (Lipinski definition) is 4. The number of piperazine rings is 1. The zero-order valence-electron chi connectivity index (χ0n) is 24.5. The smallest absolute Gasteiger partial charge is 0.410 e. The lowest BCUT2D eigenvalue weighted by Crippen LogP contribution is -2.63. The van der Waals surface area contributed by atoms with Crippen molar-refractivity contribution in [3.05, 3.63) is 174 Å². The molecule has 0 N–H and O–H groups in total. The second kappa shape index (κ2) is 13.9. The molecule has 5 aromatic rings. The van der Waals surface area contributed by atoms with E-state index in [1.54, 1.807) is 23.9 Å². The van der Waals surface area contributed by atoms with Crippen molar-refractivity contribution in [3.63, 3.8) is 0 Å². The van der Waals surface area contributed by atoms with Crippen LogP contribution in [0.15, 0.2) is 150 Å². The predicted octanol–water partition coefficient (Wildman–Crippen LogP) is 8.23. The van der Waals surface area contributed by atoms with Crippen molar-refractivity contribution < 1.29 is 13.9 Å². The molecule has 1 amide bonds. The first-order valence-corrected chi connectivity index (χ1v) is 15.9. The molecule has 6 heteroatoms. The number of thioether (sulfide) groups is 1. The molecule has 0 unspecified atom stereocenters. The number of carbonyl (C=O) groups excluding carboxylic acids is 1. The van der Waals surface area contributed by atoms with Gasteiger partial charge in [-0.1, -0.05) is 127 Å². The fourth-order valence-corrected chi connectivity index (χ4v) is 7.24. The molecule has 0 aliphatic carbocycles. The third-order valence-electron chi connectivity index (χ3n) is 8.19. The number of benzene rings is 5. The van der Waals surface area contributed by atoms with Gasteiger partial charge in [-0.05, 0) is 40.5 Å². The molecule has 1 aliphatic rings. The fourth-order valence-electron chi connectivity index (χ4n) is 6.20. The van der Waals surface area contributed by atoms with Crippen LogP contribution in [0.1, 0.15) is 22.3 Å². The molecule has 1 heterocycles. The lowest BCUT2D eigenvalue weighted by molar-refractivity contribution is 0.0198. The van der Waals surface area contributed by atoms with Gasteiger partial charge in [-0.25, -0.2) is 9.18 Å². The second-order valence-corrected chi connectivity index (χ2v) is 12.0. The van der Waals surface area contributed by atoms with Crippen LogP contribution < -0.4 is 0 Å². The van der Waals surface area contributed by atoms with Gasteiger partial charge in [0.25, 0.3) is 0 Å². The highest BCUT2D eigenvalue weighted by molar-refractivity contribution is 7.99. The Balaban J connectivity index is 1.40. The van der Waals surface area contributed by atoms with Gasteiger partial charge < -0.3 is 9.64 Å². The lowest BCUT2D eigenvalue weighted by atomic mass is 9.74. The first-order chi connectivity index (χ1) is 21.6. The molecule has 0 saturated carbocycles. The predicted molar refractivity (Wildman–Crippen MR) is 175 cm³/mol. The molecule has 0 radical (unpaired) electrons. The molecular formula is C38H35FN2O2S. The Hall–Kier alpha value is -4.39. The Kier molecular flexibility index (Phi) is 9.40. The number of ether oxygens (including phenoxy) is 1. The Morgan fingerprint density at radius 1 is 0.727 bits per heavy atom. The van der Waals surface area contributed by atoms with Crippen molar-refractivity contribution in [1.82, 2.24) is 9.80 Å². The summed E-state index contributed by atoms with van der Waals surface area (Å²) in [5.74, 6) is 0.397. The number of rotatable bonds is 9. The van der Waals surface area contributed by atoms with Gasteiger partial charge in [-0.15, -0.1) is 11.8 Å². The van der Waals surface area contributed by atoms with E-state index in [1.165, 1.54) is 6.07 Å². The summed E-state index contributed by atoms with van der Waals surface area (Å²) in [4.78, 5) is 18.7. The van der Waals surface area contributed by atoms with Gasteiger partial charge in [0.15, 0.2) is 0 Å². The standard InChI is InChI=1S/C38H35FN2O2S/c39-34-22-13-23-36(26-34)44-29-35-27-40(37(42)43-28-30-14-5-1-6-15-30)24-25-41(35)38(31-16-7-2-8-17-31,32-18-9-3-10-19-32)33-20-11-4-12-21-33/h1-23,26,35H,24-25,27-29H2/t35-/m0/s1. The van der Waals surface area contributed by atoms with Gasteiger partial charge in [0.05, 0.1) is 5.54 Å². The minimum Gasteiger partial charge on any atom is -0.445 e. The van der Waals surface area contributed by atoms with Crippen LogP contribution in [0.25, 0.3) is 0 Å².